The summed E-state index contributed by atoms with van der Waals surface area (Å²) in [5.41, 5.74) is 1.48. The van der Waals surface area contributed by atoms with Crippen LogP contribution in [0, 0.1) is 5.92 Å². The highest BCUT2D eigenvalue weighted by Crippen LogP contribution is 2.20. The van der Waals surface area contributed by atoms with Gasteiger partial charge in [-0.2, -0.15) is 0 Å². The van der Waals surface area contributed by atoms with Gasteiger partial charge in [0.15, 0.2) is 0 Å². The number of halogens is 2. The predicted molar refractivity (Wildman–Crippen MR) is 103 cm³/mol. The number of hydrogen-bond donors (Lipinski definition) is 2. The Labute approximate surface area is 157 Å². The van der Waals surface area contributed by atoms with Crippen molar-refractivity contribution in [2.24, 2.45) is 5.92 Å². The van der Waals surface area contributed by atoms with Gasteiger partial charge in [-0.25, -0.2) is 0 Å². The van der Waals surface area contributed by atoms with Gasteiger partial charge in [-0.05, 0) is 55.3 Å². The van der Waals surface area contributed by atoms with Crippen LogP contribution in [-0.2, 0) is 0 Å². The number of amides is 2. The summed E-state index contributed by atoms with van der Waals surface area (Å²) in [6.07, 6.45) is 0. The Balaban J connectivity index is 2.04. The van der Waals surface area contributed by atoms with E-state index >= 15 is 0 Å². The standard InChI is InChI=1S/C19H20Cl2N2O2/c1-11(2)12(3)22-18(24)13-4-6-17(7-5-13)23-19(25)14-8-15(20)10-16(21)9-14/h4-12H,1-3H3,(H,22,24)(H,23,25). The van der Waals surface area contributed by atoms with Crippen LogP contribution in [0.3, 0.4) is 0 Å². The first-order valence-electron chi connectivity index (χ1n) is 7.94. The van der Waals surface area contributed by atoms with Crippen LogP contribution >= 0.6 is 23.2 Å². The predicted octanol–water partition coefficient (Wildman–Crippen LogP) is 5.02. The van der Waals surface area contributed by atoms with E-state index in [-0.39, 0.29) is 17.9 Å². The topological polar surface area (TPSA) is 58.2 Å². The van der Waals surface area contributed by atoms with Crippen molar-refractivity contribution in [2.45, 2.75) is 26.8 Å². The van der Waals surface area contributed by atoms with Crippen LogP contribution in [0.2, 0.25) is 10.0 Å². The third-order valence-corrected chi connectivity index (χ3v) is 4.32. The van der Waals surface area contributed by atoms with Crippen LogP contribution in [-0.4, -0.2) is 17.9 Å². The molecule has 0 aliphatic heterocycles. The van der Waals surface area contributed by atoms with Crippen LogP contribution in [0.25, 0.3) is 0 Å². The molecule has 132 valence electrons. The van der Waals surface area contributed by atoms with Crippen molar-refractivity contribution in [1.29, 1.82) is 0 Å². The van der Waals surface area contributed by atoms with Gasteiger partial charge in [0, 0.05) is 32.9 Å². The SMILES string of the molecule is CC(C)C(C)NC(=O)c1ccc(NC(=O)c2cc(Cl)cc(Cl)c2)cc1. The first-order valence-corrected chi connectivity index (χ1v) is 8.70. The van der Waals surface area contributed by atoms with E-state index < -0.39 is 0 Å². The molecule has 0 saturated carbocycles. The molecule has 2 aromatic rings. The summed E-state index contributed by atoms with van der Waals surface area (Å²) < 4.78 is 0. The normalized spacial score (nSPS) is 11.9. The largest absolute Gasteiger partial charge is 0.349 e. The maximum absolute atomic E-state index is 12.3. The molecule has 0 aliphatic carbocycles. The number of carbonyl (C=O) groups excluding carboxylic acids is 2. The van der Waals surface area contributed by atoms with Gasteiger partial charge in [0.2, 0.25) is 0 Å². The van der Waals surface area contributed by atoms with Crippen molar-refractivity contribution < 1.29 is 9.59 Å². The van der Waals surface area contributed by atoms with E-state index in [1.165, 1.54) is 12.1 Å². The van der Waals surface area contributed by atoms with E-state index in [0.717, 1.165) is 0 Å². The molecule has 0 radical (unpaired) electrons. The maximum Gasteiger partial charge on any atom is 0.255 e. The van der Waals surface area contributed by atoms with Gasteiger partial charge in [0.25, 0.3) is 11.8 Å². The highest BCUT2D eigenvalue weighted by atomic mass is 35.5. The van der Waals surface area contributed by atoms with Crippen molar-refractivity contribution in [3.05, 3.63) is 63.6 Å². The molecular weight excluding hydrogens is 359 g/mol. The lowest BCUT2D eigenvalue weighted by molar-refractivity contribution is 0.0930. The van der Waals surface area contributed by atoms with Gasteiger partial charge in [-0.1, -0.05) is 37.0 Å². The average Bonchev–Trinajstić information content (AvgIpc) is 2.54. The van der Waals surface area contributed by atoms with Crippen molar-refractivity contribution in [2.75, 3.05) is 5.32 Å². The van der Waals surface area contributed by atoms with E-state index in [4.69, 9.17) is 23.2 Å². The molecule has 2 rings (SSSR count). The summed E-state index contributed by atoms with van der Waals surface area (Å²) in [6.45, 7) is 6.06. The van der Waals surface area contributed by atoms with Gasteiger partial charge in [0.1, 0.15) is 0 Å². The summed E-state index contributed by atoms with van der Waals surface area (Å²) in [5, 5.41) is 6.47. The second-order valence-electron chi connectivity index (χ2n) is 6.20. The molecule has 4 nitrogen and oxygen atoms in total. The Hall–Kier alpha value is -2.04. The van der Waals surface area contributed by atoms with Gasteiger partial charge in [0.05, 0.1) is 0 Å². The Morgan fingerprint density at radius 3 is 1.92 bits per heavy atom. The van der Waals surface area contributed by atoms with Gasteiger partial charge in [-0.15, -0.1) is 0 Å². The Morgan fingerprint density at radius 2 is 1.40 bits per heavy atom. The molecule has 2 aromatic carbocycles. The summed E-state index contributed by atoms with van der Waals surface area (Å²) in [4.78, 5) is 24.4. The lowest BCUT2D eigenvalue weighted by Crippen LogP contribution is -2.36. The number of benzene rings is 2. The fourth-order valence-corrected chi connectivity index (χ4v) is 2.58. The molecular formula is C19H20Cl2N2O2. The quantitative estimate of drug-likeness (QED) is 0.766. The fraction of sp³-hybridized carbons (Fsp3) is 0.263. The minimum Gasteiger partial charge on any atom is -0.349 e. The number of carbonyl (C=O) groups is 2. The monoisotopic (exact) mass is 378 g/mol. The molecule has 0 bridgehead atoms. The first kappa shape index (κ1) is 19.3. The molecule has 2 N–H and O–H groups in total. The van der Waals surface area contributed by atoms with Crippen molar-refractivity contribution >= 4 is 40.7 Å². The number of nitrogens with one attached hydrogen (secondary N) is 2. The van der Waals surface area contributed by atoms with E-state index in [0.29, 0.717) is 32.8 Å². The Bertz CT molecular complexity index is 753. The van der Waals surface area contributed by atoms with E-state index in [9.17, 15) is 9.59 Å². The molecule has 2 amide bonds. The third-order valence-electron chi connectivity index (χ3n) is 3.89. The zero-order valence-electron chi connectivity index (χ0n) is 14.3. The van der Waals surface area contributed by atoms with Crippen LogP contribution in [0.15, 0.2) is 42.5 Å². The molecule has 0 heterocycles. The molecule has 25 heavy (non-hydrogen) atoms. The maximum atomic E-state index is 12.3. The van der Waals surface area contributed by atoms with Gasteiger partial charge >= 0.3 is 0 Å². The molecule has 1 atom stereocenters. The fourth-order valence-electron chi connectivity index (χ4n) is 2.05. The second-order valence-corrected chi connectivity index (χ2v) is 7.07. The zero-order chi connectivity index (χ0) is 18.6. The van der Waals surface area contributed by atoms with Gasteiger partial charge < -0.3 is 10.6 Å². The average molecular weight is 379 g/mol. The molecule has 0 fully saturated rings. The molecule has 0 saturated heterocycles. The van der Waals surface area contributed by atoms with Crippen LogP contribution in [0.1, 0.15) is 41.5 Å². The van der Waals surface area contributed by atoms with E-state index in [1.807, 2.05) is 20.8 Å². The summed E-state index contributed by atoms with van der Waals surface area (Å²) in [5.74, 6) is -0.109. The Kier molecular flexibility index (Phi) is 6.45. The molecule has 0 aromatic heterocycles. The lowest BCUT2D eigenvalue weighted by Gasteiger charge is -2.17. The minimum atomic E-state index is -0.324. The van der Waals surface area contributed by atoms with Crippen LogP contribution < -0.4 is 10.6 Å². The highest BCUT2D eigenvalue weighted by Gasteiger charge is 2.13. The van der Waals surface area contributed by atoms with Gasteiger partial charge in [-0.3, -0.25) is 9.59 Å². The molecule has 1 unspecified atom stereocenters. The van der Waals surface area contributed by atoms with Crippen LogP contribution in [0.5, 0.6) is 0 Å². The number of rotatable bonds is 5. The second kappa shape index (κ2) is 8.37. The number of anilines is 1. The first-order chi connectivity index (χ1) is 11.8. The van der Waals surface area contributed by atoms with E-state index in [1.54, 1.807) is 30.3 Å². The summed E-state index contributed by atoms with van der Waals surface area (Å²) in [6, 6.07) is 11.4. The number of hydrogen-bond acceptors (Lipinski definition) is 2. The van der Waals surface area contributed by atoms with E-state index in [2.05, 4.69) is 10.6 Å². The Morgan fingerprint density at radius 1 is 0.840 bits per heavy atom. The molecule has 0 aliphatic rings. The highest BCUT2D eigenvalue weighted by molar-refractivity contribution is 6.35. The van der Waals surface area contributed by atoms with Crippen molar-refractivity contribution in [3.8, 4) is 0 Å². The third kappa shape index (κ3) is 5.48. The van der Waals surface area contributed by atoms with Crippen molar-refractivity contribution in [3.63, 3.8) is 0 Å². The summed E-state index contributed by atoms with van der Waals surface area (Å²) in [7, 11) is 0. The minimum absolute atomic E-state index is 0.0828. The molecule has 0 spiro atoms. The van der Waals surface area contributed by atoms with Crippen LogP contribution in [0.4, 0.5) is 5.69 Å². The zero-order valence-corrected chi connectivity index (χ0v) is 15.8. The smallest absolute Gasteiger partial charge is 0.255 e. The lowest BCUT2D eigenvalue weighted by atomic mass is 10.1. The van der Waals surface area contributed by atoms with Crippen molar-refractivity contribution in [1.82, 2.24) is 5.32 Å². The summed E-state index contributed by atoms with van der Waals surface area (Å²) >= 11 is 11.8. The molecule has 6 heteroatoms.